The lowest BCUT2D eigenvalue weighted by Crippen LogP contribution is -2.31. The van der Waals surface area contributed by atoms with Crippen molar-refractivity contribution in [3.8, 4) is 0 Å². The lowest BCUT2D eigenvalue weighted by molar-refractivity contribution is 0.291. The van der Waals surface area contributed by atoms with Gasteiger partial charge in [-0.25, -0.2) is 0 Å². The molecule has 21 heavy (non-hydrogen) atoms. The van der Waals surface area contributed by atoms with Gasteiger partial charge in [0.05, 0.1) is 0 Å². The van der Waals surface area contributed by atoms with Gasteiger partial charge in [-0.15, -0.1) is 0 Å². The molecule has 0 aliphatic rings. The maximum Gasteiger partial charge on any atom is 0.0361 e. The van der Waals surface area contributed by atoms with Gasteiger partial charge >= 0.3 is 0 Å². The van der Waals surface area contributed by atoms with Crippen LogP contribution in [-0.4, -0.2) is 20.6 Å². The van der Waals surface area contributed by atoms with E-state index >= 15 is 0 Å². The maximum absolute atomic E-state index is 3.70. The molecule has 0 aliphatic heterocycles. The second-order valence-corrected chi connectivity index (χ2v) is 7.21. The third kappa shape index (κ3) is 6.52. The van der Waals surface area contributed by atoms with E-state index in [4.69, 9.17) is 0 Å². The van der Waals surface area contributed by atoms with Gasteiger partial charge in [0.15, 0.2) is 0 Å². The van der Waals surface area contributed by atoms with E-state index in [-0.39, 0.29) is 0 Å². The fourth-order valence-corrected chi connectivity index (χ4v) is 2.55. The normalized spacial score (nSPS) is 13.2. The van der Waals surface area contributed by atoms with Gasteiger partial charge in [0.1, 0.15) is 0 Å². The highest BCUT2D eigenvalue weighted by Gasteiger charge is 2.18. The molecule has 0 aliphatic carbocycles. The predicted molar refractivity (Wildman–Crippen MR) is 95.1 cm³/mol. The topological polar surface area (TPSA) is 15.3 Å². The molecule has 1 unspecified atom stereocenters. The zero-order valence-electron chi connectivity index (χ0n) is 14.9. The fraction of sp³-hybridized carbons (Fsp3) is 0.684. The van der Waals surface area contributed by atoms with E-state index in [0.717, 1.165) is 6.54 Å². The van der Waals surface area contributed by atoms with Gasteiger partial charge in [-0.3, -0.25) is 0 Å². The van der Waals surface area contributed by atoms with Crippen LogP contribution in [0.3, 0.4) is 0 Å². The van der Waals surface area contributed by atoms with Gasteiger partial charge in [0.25, 0.3) is 0 Å². The zero-order chi connectivity index (χ0) is 15.9. The summed E-state index contributed by atoms with van der Waals surface area (Å²) in [7, 11) is 4.16. The van der Waals surface area contributed by atoms with Crippen molar-refractivity contribution >= 4 is 5.69 Å². The largest absolute Gasteiger partial charge is 0.378 e. The second kappa shape index (κ2) is 8.43. The van der Waals surface area contributed by atoms with Crippen molar-refractivity contribution in [3.63, 3.8) is 0 Å². The molecule has 1 atom stereocenters. The Bertz CT molecular complexity index is 393. The number of rotatable bonds is 9. The molecule has 1 N–H and O–H groups in total. The predicted octanol–water partition coefficient (Wildman–Crippen LogP) is 5.01. The van der Waals surface area contributed by atoms with Crippen LogP contribution in [0.2, 0.25) is 0 Å². The maximum atomic E-state index is 3.70. The monoisotopic (exact) mass is 290 g/mol. The molecule has 1 rings (SSSR count). The summed E-state index contributed by atoms with van der Waals surface area (Å²) in [5.41, 5.74) is 3.00. The molecule has 0 heterocycles. The van der Waals surface area contributed by atoms with Crippen molar-refractivity contribution in [1.82, 2.24) is 5.32 Å². The summed E-state index contributed by atoms with van der Waals surface area (Å²) in [5.74, 6) is 0. The van der Waals surface area contributed by atoms with Crippen molar-refractivity contribution in [2.45, 2.75) is 59.4 Å². The molecule has 120 valence electrons. The summed E-state index contributed by atoms with van der Waals surface area (Å²) in [6.45, 7) is 10.3. The van der Waals surface area contributed by atoms with Gasteiger partial charge in [0, 0.05) is 32.4 Å². The number of benzene rings is 1. The average molecular weight is 290 g/mol. The number of unbranched alkanes of at least 4 members (excludes halogenated alkanes) is 2. The minimum Gasteiger partial charge on any atom is -0.378 e. The molecule has 0 spiro atoms. The molecule has 0 saturated heterocycles. The third-order valence-electron chi connectivity index (χ3n) is 4.25. The summed E-state index contributed by atoms with van der Waals surface area (Å²) in [5, 5.41) is 3.70. The van der Waals surface area contributed by atoms with Gasteiger partial charge in [-0.1, -0.05) is 52.2 Å². The lowest BCUT2D eigenvalue weighted by atomic mass is 9.86. The van der Waals surface area contributed by atoms with Gasteiger partial charge in [0.2, 0.25) is 0 Å². The highest BCUT2D eigenvalue weighted by molar-refractivity contribution is 5.46. The van der Waals surface area contributed by atoms with Crippen LogP contribution in [0.1, 0.15) is 65.0 Å². The standard InChI is InChI=1S/C19H34N2/c1-7-8-9-14-19(3,4)15-20-16(2)17-10-12-18(13-11-17)21(5)6/h10-13,16,20H,7-9,14-15H2,1-6H3. The van der Waals surface area contributed by atoms with Crippen molar-refractivity contribution in [2.75, 3.05) is 25.5 Å². The van der Waals surface area contributed by atoms with E-state index < -0.39 is 0 Å². The highest BCUT2D eigenvalue weighted by atomic mass is 15.1. The van der Waals surface area contributed by atoms with Crippen LogP contribution in [0.5, 0.6) is 0 Å². The van der Waals surface area contributed by atoms with E-state index in [1.54, 1.807) is 0 Å². The number of nitrogens with one attached hydrogen (secondary N) is 1. The molecule has 0 fully saturated rings. The van der Waals surface area contributed by atoms with Gasteiger partial charge < -0.3 is 10.2 Å². The van der Waals surface area contributed by atoms with Crippen LogP contribution < -0.4 is 10.2 Å². The quantitative estimate of drug-likeness (QED) is 0.643. The van der Waals surface area contributed by atoms with Crippen LogP contribution in [-0.2, 0) is 0 Å². The Hall–Kier alpha value is -1.02. The molecule has 0 aromatic heterocycles. The van der Waals surface area contributed by atoms with Crippen LogP contribution in [0.15, 0.2) is 24.3 Å². The summed E-state index contributed by atoms with van der Waals surface area (Å²) >= 11 is 0. The summed E-state index contributed by atoms with van der Waals surface area (Å²) in [6.07, 6.45) is 5.31. The average Bonchev–Trinajstić information content (AvgIpc) is 2.45. The molecule has 1 aromatic carbocycles. The minimum atomic E-state index is 0.382. The van der Waals surface area contributed by atoms with Crippen molar-refractivity contribution in [3.05, 3.63) is 29.8 Å². The Morgan fingerprint density at radius 2 is 1.71 bits per heavy atom. The lowest BCUT2D eigenvalue weighted by Gasteiger charge is -2.27. The van der Waals surface area contributed by atoms with Crippen molar-refractivity contribution in [2.24, 2.45) is 5.41 Å². The third-order valence-corrected chi connectivity index (χ3v) is 4.25. The number of nitrogens with zero attached hydrogens (tertiary/aromatic N) is 1. The summed E-state index contributed by atoms with van der Waals surface area (Å²) in [6, 6.07) is 9.26. The van der Waals surface area contributed by atoms with E-state index in [1.165, 1.54) is 36.9 Å². The molecule has 2 heteroatoms. The van der Waals surface area contributed by atoms with E-state index in [9.17, 15) is 0 Å². The first-order valence-electron chi connectivity index (χ1n) is 8.36. The van der Waals surface area contributed by atoms with Gasteiger partial charge in [-0.05, 0) is 36.5 Å². The van der Waals surface area contributed by atoms with Crippen LogP contribution >= 0.6 is 0 Å². The first-order valence-corrected chi connectivity index (χ1v) is 8.36. The minimum absolute atomic E-state index is 0.382. The molecule has 2 nitrogen and oxygen atoms in total. The summed E-state index contributed by atoms with van der Waals surface area (Å²) in [4.78, 5) is 2.14. The molecule has 0 bridgehead atoms. The first kappa shape index (κ1) is 18.0. The van der Waals surface area contributed by atoms with Crippen molar-refractivity contribution < 1.29 is 0 Å². The van der Waals surface area contributed by atoms with Crippen molar-refractivity contribution in [1.29, 1.82) is 0 Å². The first-order chi connectivity index (χ1) is 9.85. The SMILES string of the molecule is CCCCCC(C)(C)CNC(C)c1ccc(N(C)C)cc1. The Labute approximate surface area is 131 Å². The molecule has 1 aromatic rings. The number of hydrogen-bond acceptors (Lipinski definition) is 2. The highest BCUT2D eigenvalue weighted by Crippen LogP contribution is 2.24. The molecule has 0 saturated carbocycles. The van der Waals surface area contributed by atoms with Gasteiger partial charge in [-0.2, -0.15) is 0 Å². The van der Waals surface area contributed by atoms with Crippen LogP contribution in [0.25, 0.3) is 0 Å². The Kier molecular flexibility index (Phi) is 7.24. The molecule has 0 radical (unpaired) electrons. The zero-order valence-corrected chi connectivity index (χ0v) is 14.9. The number of hydrogen-bond donors (Lipinski definition) is 1. The smallest absolute Gasteiger partial charge is 0.0361 e. The van der Waals surface area contributed by atoms with E-state index in [2.05, 4.69) is 76.3 Å². The Balaban J connectivity index is 2.47. The fourth-order valence-electron chi connectivity index (χ4n) is 2.55. The Morgan fingerprint density at radius 1 is 1.10 bits per heavy atom. The van der Waals surface area contributed by atoms with Crippen LogP contribution in [0.4, 0.5) is 5.69 Å². The Morgan fingerprint density at radius 3 is 2.24 bits per heavy atom. The van der Waals surface area contributed by atoms with E-state index in [0.29, 0.717) is 11.5 Å². The molecular weight excluding hydrogens is 256 g/mol. The molecular formula is C19H34N2. The molecule has 0 amide bonds. The number of anilines is 1. The second-order valence-electron chi connectivity index (χ2n) is 7.21. The summed E-state index contributed by atoms with van der Waals surface area (Å²) < 4.78 is 0. The van der Waals surface area contributed by atoms with E-state index in [1.807, 2.05) is 0 Å². The van der Waals surface area contributed by atoms with Crippen LogP contribution in [0, 0.1) is 5.41 Å².